The highest BCUT2D eigenvalue weighted by atomic mass is 35.5. The average Bonchev–Trinajstić information content (AvgIpc) is 2.95. The minimum Gasteiger partial charge on any atom is -0.338 e. The molecule has 0 radical (unpaired) electrons. The molecule has 1 fully saturated rings. The molecule has 1 amide bonds. The van der Waals surface area contributed by atoms with E-state index in [0.29, 0.717) is 5.92 Å². The summed E-state index contributed by atoms with van der Waals surface area (Å²) in [4.78, 5) is 19.8. The fraction of sp³-hybridized carbons (Fsp3) is 0.714. The number of nitrogens with zero attached hydrogens (tertiary/aromatic N) is 2. The first kappa shape index (κ1) is 20.6. The summed E-state index contributed by atoms with van der Waals surface area (Å²) in [5, 5.41) is 3.19. The van der Waals surface area contributed by atoms with Crippen LogP contribution >= 0.6 is 36.2 Å². The highest BCUT2D eigenvalue weighted by Crippen LogP contribution is 2.29. The van der Waals surface area contributed by atoms with E-state index in [1.165, 1.54) is 11.3 Å². The van der Waals surface area contributed by atoms with E-state index in [9.17, 15) is 4.79 Å². The number of hydrogen-bond acceptors (Lipinski definition) is 4. The van der Waals surface area contributed by atoms with Gasteiger partial charge in [-0.25, -0.2) is 4.98 Å². The summed E-state index contributed by atoms with van der Waals surface area (Å²) in [6.45, 7) is 9.03. The molecule has 1 aliphatic heterocycles. The summed E-state index contributed by atoms with van der Waals surface area (Å²) in [6, 6.07) is 0. The van der Waals surface area contributed by atoms with Gasteiger partial charge in [0, 0.05) is 18.5 Å². The molecule has 1 aliphatic rings. The highest BCUT2D eigenvalue weighted by molar-refractivity contribution is 7.11. The van der Waals surface area contributed by atoms with Crippen molar-refractivity contribution in [3.05, 3.63) is 16.1 Å². The van der Waals surface area contributed by atoms with Crippen molar-refractivity contribution in [3.8, 4) is 0 Å². The lowest BCUT2D eigenvalue weighted by Crippen LogP contribution is -2.31. The van der Waals surface area contributed by atoms with Crippen molar-refractivity contribution in [2.45, 2.75) is 32.6 Å². The molecule has 122 valence electrons. The van der Waals surface area contributed by atoms with Gasteiger partial charge in [0.1, 0.15) is 4.88 Å². The van der Waals surface area contributed by atoms with Gasteiger partial charge >= 0.3 is 0 Å². The number of likely N-dealkylation sites (tertiary alicyclic amines) is 1. The van der Waals surface area contributed by atoms with Crippen LogP contribution in [0.1, 0.15) is 42.6 Å². The Hall–Kier alpha value is -0.360. The van der Waals surface area contributed by atoms with Crippen molar-refractivity contribution < 1.29 is 4.79 Å². The first-order valence-electron chi connectivity index (χ1n) is 6.81. The molecule has 1 saturated heterocycles. The Morgan fingerprint density at radius 2 is 2.14 bits per heavy atom. The third-order valence-corrected chi connectivity index (χ3v) is 4.35. The zero-order chi connectivity index (χ0) is 14.0. The second-order valence-electron chi connectivity index (χ2n) is 6.24. The Bertz CT molecular complexity index is 459. The van der Waals surface area contributed by atoms with Crippen molar-refractivity contribution in [1.82, 2.24) is 15.2 Å². The number of carbonyl (C=O) groups is 1. The fourth-order valence-electron chi connectivity index (χ4n) is 2.55. The number of hydrogen-bond donors (Lipinski definition) is 1. The topological polar surface area (TPSA) is 45.2 Å². The van der Waals surface area contributed by atoms with Crippen LogP contribution in [0, 0.1) is 5.92 Å². The van der Waals surface area contributed by atoms with Gasteiger partial charge in [-0.3, -0.25) is 4.79 Å². The maximum absolute atomic E-state index is 12.6. The van der Waals surface area contributed by atoms with E-state index in [2.05, 4.69) is 31.1 Å². The predicted molar refractivity (Wildman–Crippen MR) is 93.2 cm³/mol. The van der Waals surface area contributed by atoms with Gasteiger partial charge in [-0.1, -0.05) is 20.8 Å². The van der Waals surface area contributed by atoms with Gasteiger partial charge < -0.3 is 10.2 Å². The third-order valence-electron chi connectivity index (χ3n) is 3.54. The number of rotatable bonds is 3. The minimum atomic E-state index is -0.0743. The smallest absolute Gasteiger partial charge is 0.265 e. The lowest BCUT2D eigenvalue weighted by Gasteiger charge is -2.20. The molecule has 1 atom stereocenters. The molecule has 0 aromatic carbocycles. The lowest BCUT2D eigenvalue weighted by atomic mass is 9.91. The van der Waals surface area contributed by atoms with E-state index >= 15 is 0 Å². The van der Waals surface area contributed by atoms with Crippen LogP contribution in [0.2, 0.25) is 0 Å². The SMILES string of the molecule is CNCC1CCN(C(=O)c2scnc2C(C)(C)C)C1.Cl.Cl. The maximum atomic E-state index is 12.6. The molecular weight excluding hydrogens is 329 g/mol. The van der Waals surface area contributed by atoms with Crippen LogP contribution in [-0.2, 0) is 5.41 Å². The van der Waals surface area contributed by atoms with Crippen molar-refractivity contribution in [2.75, 3.05) is 26.7 Å². The van der Waals surface area contributed by atoms with Gasteiger partial charge in [0.25, 0.3) is 5.91 Å². The van der Waals surface area contributed by atoms with E-state index < -0.39 is 0 Å². The summed E-state index contributed by atoms with van der Waals surface area (Å²) in [5.74, 6) is 0.742. The molecule has 1 unspecified atom stereocenters. The van der Waals surface area contributed by atoms with Gasteiger partial charge in [-0.05, 0) is 25.9 Å². The van der Waals surface area contributed by atoms with Crippen LogP contribution in [-0.4, -0.2) is 42.5 Å². The van der Waals surface area contributed by atoms with Crippen LogP contribution in [0.15, 0.2) is 5.51 Å². The van der Waals surface area contributed by atoms with Crippen LogP contribution in [0.5, 0.6) is 0 Å². The van der Waals surface area contributed by atoms with Crippen LogP contribution in [0.3, 0.4) is 0 Å². The molecule has 0 bridgehead atoms. The molecule has 7 heteroatoms. The zero-order valence-electron chi connectivity index (χ0n) is 13.0. The summed E-state index contributed by atoms with van der Waals surface area (Å²) >= 11 is 1.47. The van der Waals surface area contributed by atoms with Crippen molar-refractivity contribution in [3.63, 3.8) is 0 Å². The van der Waals surface area contributed by atoms with E-state index in [1.54, 1.807) is 5.51 Å². The van der Waals surface area contributed by atoms with Crippen LogP contribution in [0.4, 0.5) is 0 Å². The van der Waals surface area contributed by atoms with Crippen molar-refractivity contribution in [2.24, 2.45) is 5.92 Å². The predicted octanol–water partition coefficient (Wildman–Crippen LogP) is 2.97. The molecule has 1 aromatic heterocycles. The third kappa shape index (κ3) is 4.81. The van der Waals surface area contributed by atoms with Gasteiger partial charge in [0.15, 0.2) is 0 Å². The molecule has 1 aromatic rings. The van der Waals surface area contributed by atoms with Gasteiger partial charge in [-0.15, -0.1) is 36.2 Å². The molecule has 0 saturated carbocycles. The molecule has 1 N–H and O–H groups in total. The normalized spacial score (nSPS) is 18.1. The molecule has 21 heavy (non-hydrogen) atoms. The number of amides is 1. The number of nitrogens with one attached hydrogen (secondary N) is 1. The first-order chi connectivity index (χ1) is 8.93. The molecular formula is C14H25Cl2N3OS. The standard InChI is InChI=1S/C14H23N3OS.2ClH/c1-14(2,3)12-11(19-9-16-12)13(18)17-6-5-10(8-17)7-15-4;;/h9-10,15H,5-8H2,1-4H3;2*1H. The Morgan fingerprint density at radius 1 is 1.48 bits per heavy atom. The zero-order valence-corrected chi connectivity index (χ0v) is 15.5. The summed E-state index contributed by atoms with van der Waals surface area (Å²) in [5.41, 5.74) is 2.64. The summed E-state index contributed by atoms with van der Waals surface area (Å²) < 4.78 is 0. The second kappa shape index (κ2) is 8.32. The Kier molecular flexibility index (Phi) is 8.18. The average molecular weight is 354 g/mol. The van der Waals surface area contributed by atoms with E-state index in [4.69, 9.17) is 0 Å². The van der Waals surface area contributed by atoms with Crippen molar-refractivity contribution >= 4 is 42.1 Å². The van der Waals surface area contributed by atoms with Gasteiger partial charge in [0.05, 0.1) is 11.2 Å². The lowest BCUT2D eigenvalue weighted by molar-refractivity contribution is 0.0789. The van der Waals surface area contributed by atoms with E-state index in [-0.39, 0.29) is 36.1 Å². The Morgan fingerprint density at radius 3 is 2.71 bits per heavy atom. The maximum Gasteiger partial charge on any atom is 0.265 e. The fourth-order valence-corrected chi connectivity index (χ4v) is 3.51. The molecule has 2 heterocycles. The molecule has 0 aliphatic carbocycles. The van der Waals surface area contributed by atoms with Crippen LogP contribution in [0.25, 0.3) is 0 Å². The quantitative estimate of drug-likeness (QED) is 0.908. The summed E-state index contributed by atoms with van der Waals surface area (Å²) in [7, 11) is 1.96. The monoisotopic (exact) mass is 353 g/mol. The van der Waals surface area contributed by atoms with Gasteiger partial charge in [-0.2, -0.15) is 0 Å². The summed E-state index contributed by atoms with van der Waals surface area (Å²) in [6.07, 6.45) is 1.09. The first-order valence-corrected chi connectivity index (χ1v) is 7.69. The number of aromatic nitrogens is 1. The van der Waals surface area contributed by atoms with Gasteiger partial charge in [0.2, 0.25) is 0 Å². The highest BCUT2D eigenvalue weighted by Gasteiger charge is 2.31. The minimum absolute atomic E-state index is 0. The van der Waals surface area contributed by atoms with Crippen molar-refractivity contribution in [1.29, 1.82) is 0 Å². The van der Waals surface area contributed by atoms with E-state index in [1.807, 2.05) is 11.9 Å². The number of halogens is 2. The van der Waals surface area contributed by atoms with Crippen LogP contribution < -0.4 is 5.32 Å². The molecule has 4 nitrogen and oxygen atoms in total. The molecule has 0 spiro atoms. The number of thiazole rings is 1. The number of carbonyl (C=O) groups excluding carboxylic acids is 1. The van der Waals surface area contributed by atoms with E-state index in [0.717, 1.165) is 36.6 Å². The molecule has 2 rings (SSSR count). The largest absolute Gasteiger partial charge is 0.338 e. The Balaban J connectivity index is 0.00000200. The second-order valence-corrected chi connectivity index (χ2v) is 7.10. The Labute approximate surface area is 143 Å².